The molecule has 172 valence electrons. The highest BCUT2D eigenvalue weighted by Crippen LogP contribution is 2.38. The van der Waals surface area contributed by atoms with Crippen LogP contribution in [0.15, 0.2) is 36.4 Å². The smallest absolute Gasteiger partial charge is 0.251 e. The normalized spacial score (nSPS) is 15.0. The first-order valence-corrected chi connectivity index (χ1v) is 10.3. The molecule has 3 rings (SSSR count). The van der Waals surface area contributed by atoms with Crippen molar-refractivity contribution >= 4 is 17.5 Å². The Bertz CT molecular complexity index is 917. The number of benzene rings is 2. The minimum atomic E-state index is -0.451. The highest BCUT2D eigenvalue weighted by atomic mass is 16.5. The van der Waals surface area contributed by atoms with E-state index in [9.17, 15) is 9.59 Å². The number of carbonyl (C=O) groups is 2. The van der Waals surface area contributed by atoms with Gasteiger partial charge >= 0.3 is 0 Å². The van der Waals surface area contributed by atoms with Gasteiger partial charge in [0.2, 0.25) is 11.7 Å². The highest BCUT2D eigenvalue weighted by molar-refractivity contribution is 6.00. The molecular weight excluding hydrogens is 416 g/mol. The van der Waals surface area contributed by atoms with Crippen LogP contribution in [0.3, 0.4) is 0 Å². The van der Waals surface area contributed by atoms with Crippen molar-refractivity contribution in [1.29, 1.82) is 0 Å². The van der Waals surface area contributed by atoms with Gasteiger partial charge in [-0.2, -0.15) is 0 Å². The molecule has 0 aliphatic carbocycles. The van der Waals surface area contributed by atoms with E-state index in [1.807, 2.05) is 6.07 Å². The Kier molecular flexibility index (Phi) is 8.15. The average Bonchev–Trinajstić information content (AvgIpc) is 3.34. The molecule has 0 spiro atoms. The molecule has 0 radical (unpaired) electrons. The SMILES string of the molecule is COc1cc(C(=O)NCC(=O)Nc2cccc(OC[C@H]3CCCO3)c2)cc(OC)c1OC. The van der Waals surface area contributed by atoms with E-state index in [0.29, 0.717) is 35.3 Å². The molecule has 2 amide bonds. The number of methoxy groups -OCH3 is 3. The zero-order valence-electron chi connectivity index (χ0n) is 18.4. The lowest BCUT2D eigenvalue weighted by molar-refractivity contribution is -0.115. The monoisotopic (exact) mass is 444 g/mol. The van der Waals surface area contributed by atoms with Crippen molar-refractivity contribution in [2.45, 2.75) is 18.9 Å². The van der Waals surface area contributed by atoms with Gasteiger partial charge < -0.3 is 34.3 Å². The zero-order valence-corrected chi connectivity index (χ0v) is 18.4. The van der Waals surface area contributed by atoms with Crippen LogP contribution in [0.5, 0.6) is 23.0 Å². The summed E-state index contributed by atoms with van der Waals surface area (Å²) in [5.74, 6) is 0.892. The lowest BCUT2D eigenvalue weighted by Gasteiger charge is -2.14. The molecule has 1 atom stereocenters. The lowest BCUT2D eigenvalue weighted by Crippen LogP contribution is -2.32. The number of nitrogens with one attached hydrogen (secondary N) is 2. The third-order valence-corrected chi connectivity index (χ3v) is 4.91. The fourth-order valence-corrected chi connectivity index (χ4v) is 3.31. The second-order valence-corrected chi connectivity index (χ2v) is 7.12. The van der Waals surface area contributed by atoms with Crippen molar-refractivity contribution in [3.63, 3.8) is 0 Å². The van der Waals surface area contributed by atoms with E-state index in [1.54, 1.807) is 18.2 Å². The second kappa shape index (κ2) is 11.2. The molecule has 0 bridgehead atoms. The minimum absolute atomic E-state index is 0.110. The average molecular weight is 444 g/mol. The van der Waals surface area contributed by atoms with Crippen LogP contribution in [0, 0.1) is 0 Å². The van der Waals surface area contributed by atoms with Gasteiger partial charge in [0.1, 0.15) is 12.4 Å². The Morgan fingerprint density at radius 1 is 1.06 bits per heavy atom. The van der Waals surface area contributed by atoms with Crippen molar-refractivity contribution in [3.05, 3.63) is 42.0 Å². The maximum absolute atomic E-state index is 12.5. The van der Waals surface area contributed by atoms with E-state index < -0.39 is 5.91 Å². The van der Waals surface area contributed by atoms with Gasteiger partial charge in [-0.05, 0) is 37.1 Å². The van der Waals surface area contributed by atoms with Gasteiger partial charge in [0.25, 0.3) is 5.91 Å². The fraction of sp³-hybridized carbons (Fsp3) is 0.391. The van der Waals surface area contributed by atoms with Crippen LogP contribution in [0.2, 0.25) is 0 Å². The predicted molar refractivity (Wildman–Crippen MR) is 118 cm³/mol. The van der Waals surface area contributed by atoms with E-state index in [4.69, 9.17) is 23.7 Å². The number of ether oxygens (including phenoxy) is 5. The van der Waals surface area contributed by atoms with Crippen LogP contribution >= 0.6 is 0 Å². The summed E-state index contributed by atoms with van der Waals surface area (Å²) in [5, 5.41) is 5.33. The molecule has 1 fully saturated rings. The molecule has 1 heterocycles. The Hall–Kier alpha value is -3.46. The first-order chi connectivity index (χ1) is 15.5. The molecule has 0 saturated carbocycles. The van der Waals surface area contributed by atoms with Gasteiger partial charge in [0.05, 0.1) is 34.0 Å². The number of carbonyl (C=O) groups excluding carboxylic acids is 2. The van der Waals surface area contributed by atoms with Crippen LogP contribution in [-0.4, -0.2) is 59.0 Å². The summed E-state index contributed by atoms with van der Waals surface area (Å²) in [4.78, 5) is 24.8. The van der Waals surface area contributed by atoms with Crippen LogP contribution in [0.1, 0.15) is 23.2 Å². The molecular formula is C23H28N2O7. The molecule has 32 heavy (non-hydrogen) atoms. The number of rotatable bonds is 10. The molecule has 9 heteroatoms. The molecule has 0 unspecified atom stereocenters. The van der Waals surface area contributed by atoms with E-state index in [0.717, 1.165) is 19.4 Å². The van der Waals surface area contributed by atoms with Gasteiger partial charge in [-0.3, -0.25) is 9.59 Å². The van der Waals surface area contributed by atoms with Gasteiger partial charge in [0.15, 0.2) is 11.5 Å². The fourth-order valence-electron chi connectivity index (χ4n) is 3.31. The summed E-state index contributed by atoms with van der Waals surface area (Å²) < 4.78 is 27.1. The highest BCUT2D eigenvalue weighted by Gasteiger charge is 2.18. The van der Waals surface area contributed by atoms with Crippen LogP contribution < -0.4 is 29.6 Å². The zero-order chi connectivity index (χ0) is 22.9. The molecule has 1 saturated heterocycles. The third-order valence-electron chi connectivity index (χ3n) is 4.91. The van der Waals surface area contributed by atoms with Crippen molar-refractivity contribution in [3.8, 4) is 23.0 Å². The summed E-state index contributed by atoms with van der Waals surface area (Å²) >= 11 is 0. The first-order valence-electron chi connectivity index (χ1n) is 10.3. The van der Waals surface area contributed by atoms with Crippen molar-refractivity contribution in [2.24, 2.45) is 0 Å². The topological polar surface area (TPSA) is 104 Å². The lowest BCUT2D eigenvalue weighted by atomic mass is 10.1. The van der Waals surface area contributed by atoms with Crippen LogP contribution in [-0.2, 0) is 9.53 Å². The van der Waals surface area contributed by atoms with Crippen LogP contribution in [0.4, 0.5) is 5.69 Å². The third kappa shape index (κ3) is 6.04. The van der Waals surface area contributed by atoms with E-state index >= 15 is 0 Å². The van der Waals surface area contributed by atoms with Crippen molar-refractivity contribution < 1.29 is 33.3 Å². The summed E-state index contributed by atoms with van der Waals surface area (Å²) in [6, 6.07) is 10.1. The maximum atomic E-state index is 12.5. The summed E-state index contributed by atoms with van der Waals surface area (Å²) in [6.45, 7) is 1.03. The summed E-state index contributed by atoms with van der Waals surface area (Å²) in [7, 11) is 4.41. The Morgan fingerprint density at radius 2 is 1.81 bits per heavy atom. The quantitative estimate of drug-likeness (QED) is 0.581. The summed E-state index contributed by atoms with van der Waals surface area (Å²) in [5.41, 5.74) is 0.846. The first kappa shape index (κ1) is 23.2. The molecule has 2 N–H and O–H groups in total. The largest absolute Gasteiger partial charge is 0.493 e. The Labute approximate surface area is 186 Å². The maximum Gasteiger partial charge on any atom is 0.251 e. The minimum Gasteiger partial charge on any atom is -0.493 e. The molecule has 0 aromatic heterocycles. The second-order valence-electron chi connectivity index (χ2n) is 7.12. The van der Waals surface area contributed by atoms with E-state index in [2.05, 4.69) is 10.6 Å². The van der Waals surface area contributed by atoms with Crippen LogP contribution in [0.25, 0.3) is 0 Å². The standard InChI is InChI=1S/C23H28N2O7/c1-28-19-10-15(11-20(29-2)22(19)30-3)23(27)24-13-21(26)25-16-6-4-7-17(12-16)32-14-18-8-5-9-31-18/h4,6-7,10-12,18H,5,8-9,13-14H2,1-3H3,(H,24,27)(H,25,26)/t18-/m1/s1. The molecule has 9 nitrogen and oxygen atoms in total. The van der Waals surface area contributed by atoms with E-state index in [-0.39, 0.29) is 24.1 Å². The van der Waals surface area contributed by atoms with Gasteiger partial charge in [-0.25, -0.2) is 0 Å². The summed E-state index contributed by atoms with van der Waals surface area (Å²) in [6.07, 6.45) is 2.15. The van der Waals surface area contributed by atoms with E-state index in [1.165, 1.54) is 33.5 Å². The van der Waals surface area contributed by atoms with Gasteiger partial charge in [0, 0.05) is 23.9 Å². The molecule has 1 aliphatic heterocycles. The number of hydrogen-bond acceptors (Lipinski definition) is 7. The number of hydrogen-bond donors (Lipinski definition) is 2. The number of amides is 2. The number of anilines is 1. The van der Waals surface area contributed by atoms with Crippen molar-refractivity contribution in [1.82, 2.24) is 5.32 Å². The Morgan fingerprint density at radius 3 is 2.44 bits per heavy atom. The Balaban J connectivity index is 1.54. The van der Waals surface area contributed by atoms with Gasteiger partial charge in [-0.1, -0.05) is 6.07 Å². The van der Waals surface area contributed by atoms with Gasteiger partial charge in [-0.15, -0.1) is 0 Å². The molecule has 2 aromatic carbocycles. The molecule has 1 aliphatic rings. The van der Waals surface area contributed by atoms with Crippen molar-refractivity contribution in [2.75, 3.05) is 46.4 Å². The molecule has 2 aromatic rings. The predicted octanol–water partition coefficient (Wildman–Crippen LogP) is 2.64.